The number of carbonyl (C=O) groups excluding carboxylic acids is 2. The number of aromatic nitrogens is 1. The van der Waals surface area contributed by atoms with Crippen LogP contribution in [0, 0.1) is 5.92 Å². The van der Waals surface area contributed by atoms with E-state index in [0.29, 0.717) is 37.5 Å². The van der Waals surface area contributed by atoms with Crippen molar-refractivity contribution in [3.05, 3.63) is 88.3 Å². The zero-order valence-electron chi connectivity index (χ0n) is 19.8. The van der Waals surface area contributed by atoms with Crippen LogP contribution in [0.25, 0.3) is 11.1 Å². The maximum atomic E-state index is 13.3. The predicted molar refractivity (Wildman–Crippen MR) is 134 cm³/mol. The largest absolute Gasteiger partial charge is 0.384 e. The Balaban J connectivity index is 1.31. The molecule has 2 bridgehead atoms. The number of piperidine rings is 1. The number of rotatable bonds is 6. The third-order valence-corrected chi connectivity index (χ3v) is 6.94. The lowest BCUT2D eigenvalue weighted by Crippen LogP contribution is -2.49. The smallest absolute Gasteiger partial charge is 0.274 e. The van der Waals surface area contributed by atoms with E-state index in [2.05, 4.69) is 17.4 Å². The van der Waals surface area contributed by atoms with Crippen molar-refractivity contribution < 1.29 is 14.3 Å². The van der Waals surface area contributed by atoms with Crippen LogP contribution >= 0.6 is 0 Å². The molecule has 0 saturated carbocycles. The molecule has 2 unspecified atom stereocenters. The number of ether oxygens (including phenoxy) is 1. The van der Waals surface area contributed by atoms with Crippen LogP contribution in [0.2, 0.25) is 0 Å². The van der Waals surface area contributed by atoms with Gasteiger partial charge in [0, 0.05) is 43.9 Å². The van der Waals surface area contributed by atoms with Crippen molar-refractivity contribution in [2.45, 2.75) is 25.3 Å². The average Bonchev–Trinajstić information content (AvgIpc) is 2.89. The first-order chi connectivity index (χ1) is 17.0. The Labute approximate surface area is 204 Å². The number of amides is 2. The summed E-state index contributed by atoms with van der Waals surface area (Å²) in [7, 11) is 1.54. The first kappa shape index (κ1) is 23.1. The van der Waals surface area contributed by atoms with Gasteiger partial charge >= 0.3 is 0 Å². The van der Waals surface area contributed by atoms with Crippen LogP contribution in [0.3, 0.4) is 0 Å². The molecule has 0 radical (unpaired) electrons. The van der Waals surface area contributed by atoms with Crippen molar-refractivity contribution in [1.82, 2.24) is 9.47 Å². The molecule has 2 aliphatic rings. The minimum atomic E-state index is -0.240. The minimum absolute atomic E-state index is 0.0251. The third kappa shape index (κ3) is 4.77. The normalized spacial score (nSPS) is 18.6. The van der Waals surface area contributed by atoms with Gasteiger partial charge in [-0.05, 0) is 47.7 Å². The maximum Gasteiger partial charge on any atom is 0.274 e. The van der Waals surface area contributed by atoms with Crippen LogP contribution in [0.1, 0.15) is 34.8 Å². The van der Waals surface area contributed by atoms with Crippen molar-refractivity contribution in [1.29, 1.82) is 0 Å². The van der Waals surface area contributed by atoms with Gasteiger partial charge < -0.3 is 19.5 Å². The monoisotopic (exact) mass is 471 g/mol. The molecule has 1 saturated heterocycles. The molecule has 2 aliphatic heterocycles. The molecule has 1 N–H and O–H groups in total. The highest BCUT2D eigenvalue weighted by Gasteiger charge is 2.37. The zero-order valence-corrected chi connectivity index (χ0v) is 19.8. The van der Waals surface area contributed by atoms with Crippen molar-refractivity contribution in [2.24, 2.45) is 5.92 Å². The molecular formula is C28H29N3O4. The highest BCUT2D eigenvalue weighted by molar-refractivity contribution is 5.95. The molecule has 7 heteroatoms. The van der Waals surface area contributed by atoms with Gasteiger partial charge in [-0.25, -0.2) is 0 Å². The molecule has 7 nitrogen and oxygen atoms in total. The number of benzene rings is 2. The van der Waals surface area contributed by atoms with Gasteiger partial charge in [0.25, 0.3) is 11.5 Å². The van der Waals surface area contributed by atoms with Crippen molar-refractivity contribution in [3.63, 3.8) is 0 Å². The van der Waals surface area contributed by atoms with E-state index >= 15 is 0 Å². The first-order valence-corrected chi connectivity index (χ1v) is 12.0. The van der Waals surface area contributed by atoms with Gasteiger partial charge in [-0.1, -0.05) is 42.5 Å². The van der Waals surface area contributed by atoms with E-state index in [9.17, 15) is 14.4 Å². The molecule has 1 aromatic heterocycles. The van der Waals surface area contributed by atoms with Gasteiger partial charge in [-0.2, -0.15) is 0 Å². The summed E-state index contributed by atoms with van der Waals surface area (Å²) in [5, 5.41) is 2.71. The molecular weight excluding hydrogens is 442 g/mol. The van der Waals surface area contributed by atoms with Gasteiger partial charge in [-0.15, -0.1) is 0 Å². The lowest BCUT2D eigenvalue weighted by Gasteiger charge is -2.43. The van der Waals surface area contributed by atoms with Gasteiger partial charge in [0.1, 0.15) is 5.69 Å². The molecule has 1 fully saturated rings. The second kappa shape index (κ2) is 9.88. The number of nitrogens with one attached hydrogen (secondary N) is 1. The third-order valence-electron chi connectivity index (χ3n) is 6.94. The van der Waals surface area contributed by atoms with Crippen molar-refractivity contribution in [3.8, 4) is 11.1 Å². The number of nitrogens with zero attached hydrogens (tertiary/aromatic N) is 2. The van der Waals surface area contributed by atoms with Crippen LogP contribution in [-0.2, 0) is 16.1 Å². The number of anilines is 1. The topological polar surface area (TPSA) is 80.6 Å². The minimum Gasteiger partial charge on any atom is -0.384 e. The number of pyridine rings is 1. The van der Waals surface area contributed by atoms with Crippen molar-refractivity contribution >= 4 is 17.5 Å². The van der Waals surface area contributed by atoms with Gasteiger partial charge in [-0.3, -0.25) is 14.4 Å². The van der Waals surface area contributed by atoms with E-state index in [1.165, 1.54) is 7.11 Å². The summed E-state index contributed by atoms with van der Waals surface area (Å²) in [4.78, 5) is 40.4. The molecule has 180 valence electrons. The van der Waals surface area contributed by atoms with E-state index < -0.39 is 0 Å². The number of fused-ring (bicyclic) bond motifs is 4. The summed E-state index contributed by atoms with van der Waals surface area (Å²) in [6.45, 7) is 2.05. The van der Waals surface area contributed by atoms with E-state index in [4.69, 9.17) is 4.74 Å². The summed E-state index contributed by atoms with van der Waals surface area (Å²) in [6, 6.07) is 21.5. The van der Waals surface area contributed by atoms with Gasteiger partial charge in [0.2, 0.25) is 5.91 Å². The second-order valence-corrected chi connectivity index (χ2v) is 9.33. The van der Waals surface area contributed by atoms with Crippen LogP contribution in [-0.4, -0.2) is 48.1 Å². The van der Waals surface area contributed by atoms with Crippen LogP contribution in [0.4, 0.5) is 5.69 Å². The van der Waals surface area contributed by atoms with E-state index in [-0.39, 0.29) is 35.6 Å². The van der Waals surface area contributed by atoms with Crippen LogP contribution in [0.15, 0.2) is 71.5 Å². The Kier molecular flexibility index (Phi) is 6.51. The highest BCUT2D eigenvalue weighted by Crippen LogP contribution is 2.36. The Morgan fingerprint density at radius 3 is 2.43 bits per heavy atom. The van der Waals surface area contributed by atoms with E-state index in [1.54, 1.807) is 10.6 Å². The summed E-state index contributed by atoms with van der Waals surface area (Å²) in [5.74, 6) is 0.0830. The van der Waals surface area contributed by atoms with Crippen LogP contribution < -0.4 is 10.9 Å². The highest BCUT2D eigenvalue weighted by atomic mass is 16.5. The summed E-state index contributed by atoms with van der Waals surface area (Å²) in [6.07, 6.45) is 1.15. The van der Waals surface area contributed by atoms with E-state index in [1.807, 2.05) is 53.4 Å². The molecule has 2 atom stereocenters. The Hall–Kier alpha value is -3.71. The molecule has 0 spiro atoms. The Bertz CT molecular complexity index is 1280. The maximum absolute atomic E-state index is 13.3. The summed E-state index contributed by atoms with van der Waals surface area (Å²) < 4.78 is 6.71. The molecule has 2 aromatic carbocycles. The fourth-order valence-corrected chi connectivity index (χ4v) is 5.23. The second-order valence-electron chi connectivity index (χ2n) is 9.33. The molecule has 5 rings (SSSR count). The zero-order chi connectivity index (χ0) is 24.4. The number of hydrogen-bond donors (Lipinski definition) is 1. The molecule has 3 heterocycles. The lowest BCUT2D eigenvalue weighted by atomic mass is 9.83. The molecule has 3 aromatic rings. The lowest BCUT2D eigenvalue weighted by molar-refractivity contribution is -0.117. The Morgan fingerprint density at radius 1 is 0.943 bits per heavy atom. The van der Waals surface area contributed by atoms with Gasteiger partial charge in [0.05, 0.1) is 13.0 Å². The standard InChI is InChI=1S/C28H29N3O4/c1-35-14-13-26(32)29-24-11-12-25-23-15-19(17-31(25)28(24)34)16-30(18-23)27(33)22-9-7-21(8-10-22)20-5-3-2-4-6-20/h2-12,19,23H,13-18H2,1H3,(H,29,32). The SMILES string of the molecule is COCCC(=O)Nc1ccc2n(c1=O)CC1CC2CN(C(=O)c2ccc(-c3ccccc3)cc2)C1. The number of likely N-dealkylation sites (tertiary alicyclic amines) is 1. The number of hydrogen-bond acceptors (Lipinski definition) is 4. The summed E-state index contributed by atoms with van der Waals surface area (Å²) >= 11 is 0. The number of carbonyl (C=O) groups is 2. The van der Waals surface area contributed by atoms with E-state index in [0.717, 1.165) is 23.2 Å². The average molecular weight is 472 g/mol. The summed E-state index contributed by atoms with van der Waals surface area (Å²) in [5.41, 5.74) is 3.92. The first-order valence-electron chi connectivity index (χ1n) is 12.0. The Morgan fingerprint density at radius 2 is 1.69 bits per heavy atom. The van der Waals surface area contributed by atoms with Crippen molar-refractivity contribution in [2.75, 3.05) is 32.1 Å². The fourth-order valence-electron chi connectivity index (χ4n) is 5.23. The van der Waals surface area contributed by atoms with Gasteiger partial charge in [0.15, 0.2) is 0 Å². The number of methoxy groups -OCH3 is 1. The fraction of sp³-hybridized carbons (Fsp3) is 0.321. The molecule has 2 amide bonds. The predicted octanol–water partition coefficient (Wildman–Crippen LogP) is 3.75. The molecule has 35 heavy (non-hydrogen) atoms. The quantitative estimate of drug-likeness (QED) is 0.594. The molecule has 0 aliphatic carbocycles. The van der Waals surface area contributed by atoms with Crippen LogP contribution in [0.5, 0.6) is 0 Å².